The third kappa shape index (κ3) is 3.37. The smallest absolute Gasteiger partial charge is 0.142 e. The molecule has 1 N–H and O–H groups in total. The van der Waals surface area contributed by atoms with Gasteiger partial charge in [0.05, 0.1) is 11.4 Å². The molecule has 0 aromatic rings. The summed E-state index contributed by atoms with van der Waals surface area (Å²) in [4.78, 5) is 20.0. The van der Waals surface area contributed by atoms with Crippen LogP contribution in [-0.2, 0) is 9.63 Å². The molecule has 4 rings (SSSR count). The summed E-state index contributed by atoms with van der Waals surface area (Å²) < 4.78 is 15.3. The zero-order chi connectivity index (χ0) is 21.7. The van der Waals surface area contributed by atoms with Crippen LogP contribution in [0.25, 0.3) is 0 Å². The van der Waals surface area contributed by atoms with Crippen molar-refractivity contribution in [3.05, 3.63) is 0 Å². The Morgan fingerprint density at radius 2 is 1.97 bits per heavy atom. The summed E-state index contributed by atoms with van der Waals surface area (Å²) in [5, 5.41) is 17.7. The Labute approximate surface area is 178 Å². The number of alkyl halides is 1. The van der Waals surface area contributed by atoms with Gasteiger partial charge in [0, 0.05) is 30.7 Å². The number of oxime groups is 2. The first-order valence-electron chi connectivity index (χ1n) is 11.4. The summed E-state index contributed by atoms with van der Waals surface area (Å²) in [5.74, 6) is 1.34. The molecule has 1 unspecified atom stereocenters. The van der Waals surface area contributed by atoms with Crippen molar-refractivity contribution >= 4 is 17.2 Å². The van der Waals surface area contributed by atoms with Crippen molar-refractivity contribution < 1.29 is 19.2 Å². The number of nitrogens with zero attached hydrogens (tertiary/aromatic N) is 3. The number of ketones is 1. The van der Waals surface area contributed by atoms with Gasteiger partial charge >= 0.3 is 0 Å². The summed E-state index contributed by atoms with van der Waals surface area (Å²) >= 11 is 0. The van der Waals surface area contributed by atoms with Crippen LogP contribution < -0.4 is 0 Å². The van der Waals surface area contributed by atoms with E-state index < -0.39 is 6.17 Å². The molecule has 0 aromatic heterocycles. The van der Waals surface area contributed by atoms with E-state index in [9.17, 15) is 10.0 Å². The lowest BCUT2D eigenvalue weighted by atomic mass is 9.44. The maximum Gasteiger partial charge on any atom is 0.142 e. The molecule has 0 aliphatic heterocycles. The lowest BCUT2D eigenvalue weighted by Crippen LogP contribution is -2.58. The van der Waals surface area contributed by atoms with E-state index in [0.29, 0.717) is 61.5 Å². The van der Waals surface area contributed by atoms with E-state index in [2.05, 4.69) is 24.2 Å². The molecule has 0 saturated heterocycles. The average molecular weight is 422 g/mol. The number of Topliss-reactive ketones (excluding diaryl/α,β-unsaturated/α-hetero) is 1. The number of carbonyl (C=O) groups excluding carboxylic acids is 1. The molecule has 0 heterocycles. The summed E-state index contributed by atoms with van der Waals surface area (Å²) in [7, 11) is 3.91. The molecule has 0 amide bonds. The molecule has 7 heteroatoms. The minimum absolute atomic E-state index is 0.0200. The molecule has 7 atom stereocenters. The van der Waals surface area contributed by atoms with Crippen LogP contribution in [0.3, 0.4) is 0 Å². The van der Waals surface area contributed by atoms with Gasteiger partial charge in [-0.3, -0.25) is 4.79 Å². The molecular weight excluding hydrogens is 385 g/mol. The highest BCUT2D eigenvalue weighted by atomic mass is 19.1. The van der Waals surface area contributed by atoms with Crippen LogP contribution in [0.1, 0.15) is 58.8 Å². The molecule has 6 nitrogen and oxygen atoms in total. The lowest BCUT2D eigenvalue weighted by Gasteiger charge is -2.59. The van der Waals surface area contributed by atoms with E-state index in [-0.39, 0.29) is 16.7 Å². The summed E-state index contributed by atoms with van der Waals surface area (Å²) in [6.45, 7) is 5.45. The van der Waals surface area contributed by atoms with Crippen molar-refractivity contribution in [1.82, 2.24) is 4.90 Å². The van der Waals surface area contributed by atoms with Crippen LogP contribution in [0.4, 0.5) is 4.39 Å². The molecule has 4 aliphatic carbocycles. The highest BCUT2D eigenvalue weighted by molar-refractivity contribution is 5.97. The Morgan fingerprint density at radius 3 is 2.67 bits per heavy atom. The summed E-state index contributed by atoms with van der Waals surface area (Å²) in [6, 6.07) is 0. The van der Waals surface area contributed by atoms with Crippen LogP contribution in [0.2, 0.25) is 0 Å². The SMILES string of the molecule is CN(C)CCO/N=C1\CC2/C(=N/O)C[C@@H]3[C@H](CC[C@]4(C)C(=O)CC[C@@H]34)[C@@]2(C)C[C@H]1F. The molecule has 168 valence electrons. The maximum absolute atomic E-state index is 15.3. The Hall–Kier alpha value is -1.50. The molecule has 0 radical (unpaired) electrons. The Kier molecular flexibility index (Phi) is 5.71. The second kappa shape index (κ2) is 7.88. The number of rotatable bonds is 4. The summed E-state index contributed by atoms with van der Waals surface area (Å²) in [5.41, 5.74) is 0.670. The molecule has 4 fully saturated rings. The van der Waals surface area contributed by atoms with Crippen molar-refractivity contribution in [2.24, 2.45) is 44.8 Å². The van der Waals surface area contributed by atoms with Crippen molar-refractivity contribution in [1.29, 1.82) is 0 Å². The van der Waals surface area contributed by atoms with Gasteiger partial charge in [-0.05, 0) is 69.4 Å². The standard InChI is InChI=1S/C23H36FN3O3/c1-22-8-7-16-14(15(22)5-6-21(22)28)11-19(25-29)17-12-20(18(24)13-23(16,17)2)26-30-10-9-27(3)4/h14-18,29H,5-13H2,1-4H3/b25-19+,26-20+/t14-,15-,16-,17?,18+,22-,23+/m0/s1. The zero-order valence-corrected chi connectivity index (χ0v) is 18.7. The Bertz CT molecular complexity index is 754. The van der Waals surface area contributed by atoms with Gasteiger partial charge in [0.1, 0.15) is 18.6 Å². The molecule has 30 heavy (non-hydrogen) atoms. The average Bonchev–Trinajstić information content (AvgIpc) is 2.99. The van der Waals surface area contributed by atoms with Gasteiger partial charge < -0.3 is 14.9 Å². The normalized spacial score (nSPS) is 46.1. The predicted molar refractivity (Wildman–Crippen MR) is 114 cm³/mol. The number of halogens is 1. The third-order valence-corrected chi connectivity index (χ3v) is 8.97. The van der Waals surface area contributed by atoms with Crippen molar-refractivity contribution in [3.8, 4) is 0 Å². The topological polar surface area (TPSA) is 74.5 Å². The highest BCUT2D eigenvalue weighted by Crippen LogP contribution is 2.64. The number of hydrogen-bond donors (Lipinski definition) is 1. The number of hydrogen-bond acceptors (Lipinski definition) is 6. The number of fused-ring (bicyclic) bond motifs is 5. The van der Waals surface area contributed by atoms with Gasteiger partial charge in [-0.1, -0.05) is 24.2 Å². The van der Waals surface area contributed by atoms with E-state index >= 15 is 4.39 Å². The van der Waals surface area contributed by atoms with Crippen LogP contribution >= 0.6 is 0 Å². The molecule has 4 aliphatic rings. The van der Waals surface area contributed by atoms with E-state index in [0.717, 1.165) is 31.5 Å². The monoisotopic (exact) mass is 421 g/mol. The van der Waals surface area contributed by atoms with Crippen LogP contribution in [-0.4, -0.2) is 60.7 Å². The van der Waals surface area contributed by atoms with E-state index in [4.69, 9.17) is 4.84 Å². The fourth-order valence-corrected chi connectivity index (χ4v) is 7.23. The number of carbonyl (C=O) groups is 1. The predicted octanol–water partition coefficient (Wildman–Crippen LogP) is 3.92. The minimum atomic E-state index is -1.14. The lowest BCUT2D eigenvalue weighted by molar-refractivity contribution is -0.133. The minimum Gasteiger partial charge on any atom is -0.411 e. The first-order chi connectivity index (χ1) is 14.2. The zero-order valence-electron chi connectivity index (χ0n) is 18.7. The van der Waals surface area contributed by atoms with Gasteiger partial charge in [0.15, 0.2) is 0 Å². The first-order valence-corrected chi connectivity index (χ1v) is 11.4. The number of likely N-dealkylation sites (N-methyl/N-ethyl adjacent to an activating group) is 1. The maximum atomic E-state index is 15.3. The van der Waals surface area contributed by atoms with Gasteiger partial charge in [0.25, 0.3) is 0 Å². The van der Waals surface area contributed by atoms with Gasteiger partial charge in [-0.25, -0.2) is 4.39 Å². The van der Waals surface area contributed by atoms with Crippen LogP contribution in [0, 0.1) is 34.5 Å². The highest BCUT2D eigenvalue weighted by Gasteiger charge is 2.62. The first kappa shape index (κ1) is 21.7. The Morgan fingerprint density at radius 1 is 1.20 bits per heavy atom. The van der Waals surface area contributed by atoms with Crippen molar-refractivity contribution in [2.45, 2.75) is 65.0 Å². The molecule has 0 spiro atoms. The molecular formula is C23H36FN3O3. The molecule has 0 bridgehead atoms. The van der Waals surface area contributed by atoms with Crippen molar-refractivity contribution in [2.75, 3.05) is 27.2 Å². The quantitative estimate of drug-likeness (QED) is 0.424. The fraction of sp³-hybridized carbons (Fsp3) is 0.870. The summed E-state index contributed by atoms with van der Waals surface area (Å²) in [6.07, 6.45) is 3.83. The fourth-order valence-electron chi connectivity index (χ4n) is 7.23. The van der Waals surface area contributed by atoms with Crippen LogP contribution in [0.5, 0.6) is 0 Å². The molecule has 0 aromatic carbocycles. The van der Waals surface area contributed by atoms with Gasteiger partial charge in [-0.2, -0.15) is 0 Å². The second-order valence-electron chi connectivity index (χ2n) is 10.7. The van der Waals surface area contributed by atoms with Crippen LogP contribution in [0.15, 0.2) is 10.3 Å². The van der Waals surface area contributed by atoms with Gasteiger partial charge in [-0.15, -0.1) is 0 Å². The van der Waals surface area contributed by atoms with E-state index in [1.807, 2.05) is 19.0 Å². The molecule has 4 saturated carbocycles. The second-order valence-corrected chi connectivity index (χ2v) is 10.7. The largest absolute Gasteiger partial charge is 0.411 e. The third-order valence-electron chi connectivity index (χ3n) is 8.97. The van der Waals surface area contributed by atoms with E-state index in [1.54, 1.807) is 0 Å². The van der Waals surface area contributed by atoms with E-state index in [1.165, 1.54) is 0 Å². The van der Waals surface area contributed by atoms with Crippen molar-refractivity contribution in [3.63, 3.8) is 0 Å². The van der Waals surface area contributed by atoms with Gasteiger partial charge in [0.2, 0.25) is 0 Å². The Balaban J connectivity index is 1.57.